The van der Waals surface area contributed by atoms with E-state index in [2.05, 4.69) is 15.2 Å². The molecule has 2 aliphatic heterocycles. The quantitative estimate of drug-likeness (QED) is 0.844. The molecule has 2 saturated heterocycles. The molecule has 0 aliphatic carbocycles. The van der Waals surface area contributed by atoms with Crippen LogP contribution in [0.2, 0.25) is 0 Å². The van der Waals surface area contributed by atoms with Crippen LogP contribution in [0.4, 0.5) is 5.13 Å². The SMILES string of the molecule is O=C(Nc1nc(-c2ccccc2)cs1)C1CCCCN1CC1CCOCC1. The van der Waals surface area contributed by atoms with Gasteiger partial charge in [0.15, 0.2) is 5.13 Å². The summed E-state index contributed by atoms with van der Waals surface area (Å²) in [5.74, 6) is 0.743. The zero-order valence-corrected chi connectivity index (χ0v) is 16.4. The Morgan fingerprint density at radius 3 is 2.81 bits per heavy atom. The van der Waals surface area contributed by atoms with Crippen LogP contribution in [0.1, 0.15) is 32.1 Å². The molecular formula is C21H27N3O2S. The van der Waals surface area contributed by atoms with Gasteiger partial charge in [0.25, 0.3) is 0 Å². The Balaban J connectivity index is 1.39. The molecule has 6 heteroatoms. The average molecular weight is 386 g/mol. The summed E-state index contributed by atoms with van der Waals surface area (Å²) in [6.07, 6.45) is 5.46. The third-order valence-corrected chi connectivity index (χ3v) is 6.31. The fraction of sp³-hybridized carbons (Fsp3) is 0.524. The Morgan fingerprint density at radius 2 is 2.00 bits per heavy atom. The topological polar surface area (TPSA) is 54.5 Å². The van der Waals surface area contributed by atoms with Crippen molar-refractivity contribution in [3.8, 4) is 11.3 Å². The molecule has 1 aromatic heterocycles. The summed E-state index contributed by atoms with van der Waals surface area (Å²) in [5, 5.41) is 5.77. The Bertz CT molecular complexity index is 743. The normalized spacial score (nSPS) is 21.9. The molecule has 0 radical (unpaired) electrons. The summed E-state index contributed by atoms with van der Waals surface area (Å²) in [6.45, 7) is 3.74. The first kappa shape index (κ1) is 18.6. The number of rotatable bonds is 5. The number of amides is 1. The lowest BCUT2D eigenvalue weighted by molar-refractivity contribution is -0.122. The number of nitrogens with one attached hydrogen (secondary N) is 1. The molecular weight excluding hydrogens is 358 g/mol. The van der Waals surface area contributed by atoms with Crippen molar-refractivity contribution in [1.82, 2.24) is 9.88 Å². The third-order valence-electron chi connectivity index (χ3n) is 5.55. The van der Waals surface area contributed by atoms with Crippen molar-refractivity contribution < 1.29 is 9.53 Å². The van der Waals surface area contributed by atoms with Gasteiger partial charge in [0, 0.05) is 30.7 Å². The zero-order chi connectivity index (χ0) is 18.5. The monoisotopic (exact) mass is 385 g/mol. The number of anilines is 1. The van der Waals surface area contributed by atoms with Crippen molar-refractivity contribution in [2.45, 2.75) is 38.1 Å². The van der Waals surface area contributed by atoms with Gasteiger partial charge in [-0.15, -0.1) is 11.3 Å². The van der Waals surface area contributed by atoms with E-state index in [1.807, 2.05) is 35.7 Å². The number of benzene rings is 1. The minimum absolute atomic E-state index is 0.0364. The number of hydrogen-bond donors (Lipinski definition) is 1. The minimum atomic E-state index is -0.0364. The highest BCUT2D eigenvalue weighted by atomic mass is 32.1. The lowest BCUT2D eigenvalue weighted by Gasteiger charge is -2.37. The van der Waals surface area contributed by atoms with E-state index in [0.717, 1.165) is 63.2 Å². The maximum atomic E-state index is 13.0. The first-order valence-corrected chi connectivity index (χ1v) is 10.8. The van der Waals surface area contributed by atoms with Gasteiger partial charge in [-0.2, -0.15) is 0 Å². The second kappa shape index (κ2) is 8.95. The van der Waals surface area contributed by atoms with Crippen LogP contribution in [-0.2, 0) is 9.53 Å². The molecule has 0 saturated carbocycles. The highest BCUT2D eigenvalue weighted by Gasteiger charge is 2.31. The number of nitrogens with zero attached hydrogens (tertiary/aromatic N) is 2. The molecule has 1 N–H and O–H groups in total. The standard InChI is InChI=1S/C21H27N3O2S/c25-20(23-21-22-18(15-27-21)17-6-2-1-3-7-17)19-8-4-5-11-24(19)14-16-9-12-26-13-10-16/h1-3,6-7,15-16,19H,4-5,8-14H2,(H,22,23,25). The fourth-order valence-electron chi connectivity index (χ4n) is 4.03. The van der Waals surface area contributed by atoms with E-state index in [1.165, 1.54) is 17.8 Å². The summed E-state index contributed by atoms with van der Waals surface area (Å²) in [4.78, 5) is 20.0. The van der Waals surface area contributed by atoms with Crippen molar-refractivity contribution in [2.75, 3.05) is 31.6 Å². The molecule has 27 heavy (non-hydrogen) atoms. The summed E-state index contributed by atoms with van der Waals surface area (Å²) >= 11 is 1.50. The van der Waals surface area contributed by atoms with Crippen molar-refractivity contribution in [3.63, 3.8) is 0 Å². The number of carbonyl (C=O) groups is 1. The van der Waals surface area contributed by atoms with E-state index < -0.39 is 0 Å². The molecule has 2 fully saturated rings. The van der Waals surface area contributed by atoms with Crippen LogP contribution in [0.15, 0.2) is 35.7 Å². The lowest BCUT2D eigenvalue weighted by Crippen LogP contribution is -2.49. The van der Waals surface area contributed by atoms with Gasteiger partial charge >= 0.3 is 0 Å². The molecule has 1 unspecified atom stereocenters. The van der Waals surface area contributed by atoms with E-state index in [4.69, 9.17) is 4.74 Å². The second-order valence-electron chi connectivity index (χ2n) is 7.46. The van der Waals surface area contributed by atoms with E-state index in [1.54, 1.807) is 0 Å². The molecule has 0 bridgehead atoms. The van der Waals surface area contributed by atoms with Crippen LogP contribution < -0.4 is 5.32 Å². The van der Waals surface area contributed by atoms with E-state index >= 15 is 0 Å². The van der Waals surface area contributed by atoms with E-state index in [-0.39, 0.29) is 11.9 Å². The van der Waals surface area contributed by atoms with Gasteiger partial charge in [0.1, 0.15) is 0 Å². The van der Waals surface area contributed by atoms with Crippen molar-refractivity contribution in [2.24, 2.45) is 5.92 Å². The molecule has 2 aliphatic rings. The Hall–Kier alpha value is -1.76. The predicted molar refractivity (Wildman–Crippen MR) is 109 cm³/mol. The number of hydrogen-bond acceptors (Lipinski definition) is 5. The van der Waals surface area contributed by atoms with Crippen LogP contribution in [0.5, 0.6) is 0 Å². The fourth-order valence-corrected chi connectivity index (χ4v) is 4.75. The van der Waals surface area contributed by atoms with Gasteiger partial charge in [-0.3, -0.25) is 9.69 Å². The number of carbonyl (C=O) groups excluding carboxylic acids is 1. The average Bonchev–Trinajstić information content (AvgIpc) is 3.18. The molecule has 1 amide bonds. The summed E-state index contributed by atoms with van der Waals surface area (Å²) in [7, 11) is 0. The number of likely N-dealkylation sites (tertiary alicyclic amines) is 1. The first-order valence-electron chi connectivity index (χ1n) is 9.93. The van der Waals surface area contributed by atoms with Gasteiger partial charge in [-0.25, -0.2) is 4.98 Å². The molecule has 144 valence electrons. The van der Waals surface area contributed by atoms with Crippen molar-refractivity contribution in [3.05, 3.63) is 35.7 Å². The maximum Gasteiger partial charge on any atom is 0.243 e. The van der Waals surface area contributed by atoms with Crippen LogP contribution in [0.3, 0.4) is 0 Å². The Kier molecular flexibility index (Phi) is 6.17. The minimum Gasteiger partial charge on any atom is -0.381 e. The Labute approximate surface area is 164 Å². The Morgan fingerprint density at radius 1 is 1.19 bits per heavy atom. The second-order valence-corrected chi connectivity index (χ2v) is 8.31. The van der Waals surface area contributed by atoms with Gasteiger partial charge < -0.3 is 10.1 Å². The molecule has 4 rings (SSSR count). The van der Waals surface area contributed by atoms with Gasteiger partial charge in [-0.1, -0.05) is 36.8 Å². The van der Waals surface area contributed by atoms with Gasteiger partial charge in [0.05, 0.1) is 11.7 Å². The number of thiazole rings is 1. The summed E-state index contributed by atoms with van der Waals surface area (Å²) in [5.41, 5.74) is 1.99. The highest BCUT2D eigenvalue weighted by molar-refractivity contribution is 7.14. The van der Waals surface area contributed by atoms with E-state index in [0.29, 0.717) is 11.0 Å². The third kappa shape index (κ3) is 4.75. The molecule has 5 nitrogen and oxygen atoms in total. The number of piperidine rings is 1. The van der Waals surface area contributed by atoms with Crippen LogP contribution >= 0.6 is 11.3 Å². The first-order chi connectivity index (χ1) is 13.3. The van der Waals surface area contributed by atoms with Crippen LogP contribution in [0.25, 0.3) is 11.3 Å². The van der Waals surface area contributed by atoms with Gasteiger partial charge in [-0.05, 0) is 38.1 Å². The molecule has 1 atom stereocenters. The number of aromatic nitrogens is 1. The summed E-state index contributed by atoms with van der Waals surface area (Å²) < 4.78 is 5.48. The maximum absolute atomic E-state index is 13.0. The zero-order valence-electron chi connectivity index (χ0n) is 15.6. The van der Waals surface area contributed by atoms with Crippen LogP contribution in [-0.4, -0.2) is 48.1 Å². The van der Waals surface area contributed by atoms with Crippen molar-refractivity contribution >= 4 is 22.4 Å². The molecule has 2 aromatic rings. The smallest absolute Gasteiger partial charge is 0.243 e. The predicted octanol–water partition coefficient (Wildman–Crippen LogP) is 4.03. The lowest BCUT2D eigenvalue weighted by atomic mass is 9.95. The molecule has 3 heterocycles. The summed E-state index contributed by atoms with van der Waals surface area (Å²) in [6, 6.07) is 10.0. The van der Waals surface area contributed by atoms with E-state index in [9.17, 15) is 4.79 Å². The molecule has 0 spiro atoms. The van der Waals surface area contributed by atoms with Gasteiger partial charge in [0.2, 0.25) is 5.91 Å². The largest absolute Gasteiger partial charge is 0.381 e. The molecule has 1 aromatic carbocycles. The number of ether oxygens (including phenoxy) is 1. The highest BCUT2D eigenvalue weighted by Crippen LogP contribution is 2.27. The van der Waals surface area contributed by atoms with Crippen LogP contribution in [0, 0.1) is 5.92 Å². The van der Waals surface area contributed by atoms with Crippen molar-refractivity contribution in [1.29, 1.82) is 0 Å².